The van der Waals surface area contributed by atoms with Gasteiger partial charge in [-0.1, -0.05) is 13.3 Å². The maximum Gasteiger partial charge on any atom is 0.511 e. The molecule has 0 aliphatic carbocycles. The van der Waals surface area contributed by atoms with Gasteiger partial charge in [0.15, 0.2) is 11.5 Å². The summed E-state index contributed by atoms with van der Waals surface area (Å²) in [5.74, 6) is 0.304. The molecule has 0 aliphatic heterocycles. The molecule has 0 aliphatic rings. The first-order valence-electron chi connectivity index (χ1n) is 5.39. The van der Waals surface area contributed by atoms with Crippen LogP contribution in [0.4, 0.5) is 4.79 Å². The maximum absolute atomic E-state index is 10.4. The fourth-order valence-corrected chi connectivity index (χ4v) is 1.56. The monoisotopic (exact) mass is 240 g/mol. The fourth-order valence-electron chi connectivity index (χ4n) is 1.56. The van der Waals surface area contributed by atoms with Gasteiger partial charge >= 0.3 is 6.16 Å². The lowest BCUT2D eigenvalue weighted by molar-refractivity contribution is 0.142. The van der Waals surface area contributed by atoms with Gasteiger partial charge in [0.2, 0.25) is 0 Å². The highest BCUT2D eigenvalue weighted by Gasteiger charge is 2.15. The molecule has 1 aromatic carbocycles. The highest BCUT2D eigenvalue weighted by atomic mass is 16.7. The second-order valence-electron chi connectivity index (χ2n) is 3.56. The fraction of sp³-hybridized carbons (Fsp3) is 0.417. The minimum Gasteiger partial charge on any atom is -0.504 e. The first-order valence-corrected chi connectivity index (χ1v) is 5.39. The van der Waals surface area contributed by atoms with Gasteiger partial charge in [0, 0.05) is 5.56 Å². The number of unbranched alkanes of at least 4 members (excludes halogenated alkanes) is 1. The summed E-state index contributed by atoms with van der Waals surface area (Å²) in [7, 11) is 1.50. The molecule has 0 radical (unpaired) electrons. The average molecular weight is 240 g/mol. The standard InChI is InChI=1S/C12H16O5/c1-3-4-5-8-9(16-2)6-7-10(11(8)13)17-12(14)15/h6-7,13H,3-5H2,1-2H3,(H,14,15). The Labute approximate surface area is 99.6 Å². The van der Waals surface area contributed by atoms with Gasteiger partial charge < -0.3 is 19.7 Å². The smallest absolute Gasteiger partial charge is 0.504 e. The van der Waals surface area contributed by atoms with Crippen LogP contribution in [0, 0.1) is 0 Å². The molecule has 1 rings (SSSR count). The molecule has 2 N–H and O–H groups in total. The average Bonchev–Trinajstić information content (AvgIpc) is 2.29. The van der Waals surface area contributed by atoms with Crippen LogP contribution in [0.25, 0.3) is 0 Å². The molecule has 0 saturated heterocycles. The van der Waals surface area contributed by atoms with Gasteiger partial charge in [-0.3, -0.25) is 0 Å². The van der Waals surface area contributed by atoms with Crippen molar-refractivity contribution in [2.24, 2.45) is 0 Å². The van der Waals surface area contributed by atoms with E-state index in [9.17, 15) is 9.90 Å². The van der Waals surface area contributed by atoms with E-state index >= 15 is 0 Å². The molecule has 5 nitrogen and oxygen atoms in total. The molecule has 1 aromatic rings. The van der Waals surface area contributed by atoms with E-state index in [0.717, 1.165) is 12.8 Å². The van der Waals surface area contributed by atoms with Crippen molar-refractivity contribution in [3.63, 3.8) is 0 Å². The van der Waals surface area contributed by atoms with Crippen molar-refractivity contribution in [1.29, 1.82) is 0 Å². The molecule has 0 saturated carbocycles. The molecular formula is C12H16O5. The van der Waals surface area contributed by atoms with Crippen LogP contribution in [0.15, 0.2) is 12.1 Å². The molecule has 0 spiro atoms. The minimum atomic E-state index is -1.45. The van der Waals surface area contributed by atoms with E-state index in [1.807, 2.05) is 6.92 Å². The molecule has 0 heterocycles. The van der Waals surface area contributed by atoms with Crippen LogP contribution in [-0.2, 0) is 6.42 Å². The number of ether oxygens (including phenoxy) is 2. The predicted molar refractivity (Wildman–Crippen MR) is 61.9 cm³/mol. The van der Waals surface area contributed by atoms with Gasteiger partial charge in [0.1, 0.15) is 5.75 Å². The van der Waals surface area contributed by atoms with Gasteiger partial charge in [-0.2, -0.15) is 0 Å². The Morgan fingerprint density at radius 3 is 2.53 bits per heavy atom. The number of phenols is 1. The second-order valence-corrected chi connectivity index (χ2v) is 3.56. The Morgan fingerprint density at radius 1 is 1.35 bits per heavy atom. The van der Waals surface area contributed by atoms with E-state index in [1.54, 1.807) is 6.07 Å². The van der Waals surface area contributed by atoms with Crippen molar-refractivity contribution >= 4 is 6.16 Å². The Hall–Kier alpha value is -1.91. The molecule has 0 bridgehead atoms. The van der Waals surface area contributed by atoms with Gasteiger partial charge in [-0.25, -0.2) is 4.79 Å². The third kappa shape index (κ3) is 3.27. The van der Waals surface area contributed by atoms with E-state index in [0.29, 0.717) is 17.7 Å². The molecule has 17 heavy (non-hydrogen) atoms. The summed E-state index contributed by atoms with van der Waals surface area (Å²) in [4.78, 5) is 10.4. The second kappa shape index (κ2) is 5.98. The molecule has 0 fully saturated rings. The zero-order valence-corrected chi connectivity index (χ0v) is 9.90. The molecule has 94 valence electrons. The van der Waals surface area contributed by atoms with Crippen LogP contribution >= 0.6 is 0 Å². The molecule has 0 amide bonds. The number of hydrogen-bond donors (Lipinski definition) is 2. The first kappa shape index (κ1) is 13.2. The quantitative estimate of drug-likeness (QED) is 0.611. The van der Waals surface area contributed by atoms with Crippen molar-refractivity contribution in [3.05, 3.63) is 17.7 Å². The number of aromatic hydroxyl groups is 1. The summed E-state index contributed by atoms with van der Waals surface area (Å²) < 4.78 is 9.60. The summed E-state index contributed by atoms with van der Waals surface area (Å²) >= 11 is 0. The molecule has 0 atom stereocenters. The normalized spacial score (nSPS) is 10.0. The van der Waals surface area contributed by atoms with E-state index < -0.39 is 6.16 Å². The van der Waals surface area contributed by atoms with E-state index in [4.69, 9.17) is 9.84 Å². The summed E-state index contributed by atoms with van der Waals surface area (Å²) in [6.45, 7) is 2.03. The third-order valence-electron chi connectivity index (χ3n) is 2.40. The van der Waals surface area contributed by atoms with Crippen LogP contribution < -0.4 is 9.47 Å². The van der Waals surface area contributed by atoms with Crippen molar-refractivity contribution in [3.8, 4) is 17.2 Å². The topological polar surface area (TPSA) is 76.0 Å². The van der Waals surface area contributed by atoms with Gasteiger partial charge in [-0.05, 0) is 25.0 Å². The van der Waals surface area contributed by atoms with Crippen LogP contribution in [-0.4, -0.2) is 23.5 Å². The summed E-state index contributed by atoms with van der Waals surface area (Å²) in [5.41, 5.74) is 0.577. The van der Waals surface area contributed by atoms with Crippen LogP contribution in [0.5, 0.6) is 17.2 Å². The van der Waals surface area contributed by atoms with Gasteiger partial charge in [-0.15, -0.1) is 0 Å². The molecule has 0 unspecified atom stereocenters. The van der Waals surface area contributed by atoms with Crippen LogP contribution in [0.1, 0.15) is 25.3 Å². The zero-order chi connectivity index (χ0) is 12.8. The number of rotatable bonds is 5. The molecule has 5 heteroatoms. The summed E-state index contributed by atoms with van der Waals surface area (Å²) in [5, 5.41) is 18.4. The SMILES string of the molecule is CCCCc1c(OC)ccc(OC(=O)O)c1O. The van der Waals surface area contributed by atoms with Crippen molar-refractivity contribution < 1.29 is 24.5 Å². The van der Waals surface area contributed by atoms with Crippen LogP contribution in [0.3, 0.4) is 0 Å². The Kier molecular flexibility index (Phi) is 4.63. The lowest BCUT2D eigenvalue weighted by atomic mass is 10.1. The maximum atomic E-state index is 10.4. The zero-order valence-electron chi connectivity index (χ0n) is 9.90. The lowest BCUT2D eigenvalue weighted by Crippen LogP contribution is -2.04. The van der Waals surface area contributed by atoms with E-state index in [-0.39, 0.29) is 11.5 Å². The number of phenolic OH excluding ortho intramolecular Hbond substituents is 1. The number of carbonyl (C=O) groups is 1. The number of carboxylic acid groups (broad SMARTS) is 1. The van der Waals surface area contributed by atoms with E-state index in [1.165, 1.54) is 13.2 Å². The van der Waals surface area contributed by atoms with Gasteiger partial charge in [0.25, 0.3) is 0 Å². The van der Waals surface area contributed by atoms with Crippen molar-refractivity contribution in [1.82, 2.24) is 0 Å². The lowest BCUT2D eigenvalue weighted by Gasteiger charge is -2.12. The predicted octanol–water partition coefficient (Wildman–Crippen LogP) is 2.80. The Morgan fingerprint density at radius 2 is 2.00 bits per heavy atom. The highest BCUT2D eigenvalue weighted by Crippen LogP contribution is 2.37. The number of benzene rings is 1. The van der Waals surface area contributed by atoms with E-state index in [2.05, 4.69) is 4.74 Å². The minimum absolute atomic E-state index is 0.0654. The number of hydrogen-bond acceptors (Lipinski definition) is 4. The number of methoxy groups -OCH3 is 1. The molecular weight excluding hydrogens is 224 g/mol. The van der Waals surface area contributed by atoms with Crippen LogP contribution in [0.2, 0.25) is 0 Å². The van der Waals surface area contributed by atoms with Gasteiger partial charge in [0.05, 0.1) is 7.11 Å². The Balaban J connectivity index is 3.07. The summed E-state index contributed by atoms with van der Waals surface area (Å²) in [6, 6.07) is 2.96. The largest absolute Gasteiger partial charge is 0.511 e. The first-order chi connectivity index (χ1) is 8.10. The highest BCUT2D eigenvalue weighted by molar-refractivity contribution is 5.64. The molecule has 0 aromatic heterocycles. The summed E-state index contributed by atoms with van der Waals surface area (Å²) in [6.07, 6.45) is 1.00. The van der Waals surface area contributed by atoms with Crippen molar-refractivity contribution in [2.45, 2.75) is 26.2 Å². The van der Waals surface area contributed by atoms with Crippen molar-refractivity contribution in [2.75, 3.05) is 7.11 Å². The Bertz CT molecular complexity index is 400. The third-order valence-corrected chi connectivity index (χ3v) is 2.40.